The van der Waals surface area contributed by atoms with Crippen LogP contribution in [0.5, 0.6) is 0 Å². The second kappa shape index (κ2) is 9.60. The van der Waals surface area contributed by atoms with Crippen LogP contribution in [-0.2, 0) is 17.8 Å². The largest absolute Gasteiger partial charge is 0.326 e. The fraction of sp³-hybridized carbons (Fsp3) is 0.200. The molecule has 0 aliphatic carbocycles. The lowest BCUT2D eigenvalue weighted by atomic mass is 10.1. The first-order valence-corrected chi connectivity index (χ1v) is 10.4. The van der Waals surface area contributed by atoms with Crippen molar-refractivity contribution >= 4 is 23.3 Å². The summed E-state index contributed by atoms with van der Waals surface area (Å²) in [6.07, 6.45) is 0.911. The Kier molecular flexibility index (Phi) is 6.44. The van der Waals surface area contributed by atoms with Crippen LogP contribution in [0.15, 0.2) is 72.8 Å². The van der Waals surface area contributed by atoms with E-state index in [4.69, 9.17) is 0 Å². The number of carbonyl (C=O) groups is 2. The number of hydrogen-bond donors (Lipinski definition) is 1. The van der Waals surface area contributed by atoms with Crippen molar-refractivity contribution in [1.82, 2.24) is 4.90 Å². The molecule has 4 rings (SSSR count). The lowest BCUT2D eigenvalue weighted by Crippen LogP contribution is -2.49. The molecule has 5 nitrogen and oxygen atoms in total. The van der Waals surface area contributed by atoms with E-state index in [0.29, 0.717) is 30.0 Å². The summed E-state index contributed by atoms with van der Waals surface area (Å²) in [7, 11) is 0. The zero-order valence-corrected chi connectivity index (χ0v) is 17.4. The van der Waals surface area contributed by atoms with Gasteiger partial charge in [0, 0.05) is 30.0 Å². The van der Waals surface area contributed by atoms with Gasteiger partial charge in [0.05, 0.1) is 13.0 Å². The topological polar surface area (TPSA) is 52.7 Å². The highest BCUT2D eigenvalue weighted by Crippen LogP contribution is 2.24. The molecular weight excluding hydrogens is 412 g/mol. The number of anilines is 2. The minimum absolute atomic E-state index is 0.137. The molecule has 0 unspecified atom stereocenters. The molecule has 1 fully saturated rings. The molecule has 1 aliphatic rings. The predicted molar refractivity (Wildman–Crippen MR) is 119 cm³/mol. The molecule has 1 aliphatic heterocycles. The molecule has 0 bridgehead atoms. The number of halogens is 2. The molecule has 32 heavy (non-hydrogen) atoms. The maximum atomic E-state index is 14.0. The second-order valence-electron chi connectivity index (χ2n) is 7.70. The van der Waals surface area contributed by atoms with Crippen molar-refractivity contribution in [1.29, 1.82) is 0 Å². The van der Waals surface area contributed by atoms with Crippen molar-refractivity contribution in [2.75, 3.05) is 23.3 Å². The van der Waals surface area contributed by atoms with Crippen molar-refractivity contribution < 1.29 is 18.4 Å². The van der Waals surface area contributed by atoms with E-state index in [2.05, 4.69) is 5.32 Å². The van der Waals surface area contributed by atoms with Gasteiger partial charge in [-0.3, -0.25) is 9.69 Å². The maximum absolute atomic E-state index is 14.0. The van der Waals surface area contributed by atoms with Crippen LogP contribution < -0.4 is 10.2 Å². The highest BCUT2D eigenvalue weighted by molar-refractivity contribution is 5.94. The fourth-order valence-electron chi connectivity index (χ4n) is 3.72. The number of rotatable bonds is 6. The number of hydrogen-bond acceptors (Lipinski definition) is 2. The third kappa shape index (κ3) is 5.11. The molecule has 1 saturated heterocycles. The first-order valence-electron chi connectivity index (χ1n) is 10.4. The highest BCUT2D eigenvalue weighted by Gasteiger charge is 2.27. The first kappa shape index (κ1) is 21.5. The lowest BCUT2D eigenvalue weighted by molar-refractivity contribution is -0.115. The Balaban J connectivity index is 1.38. The van der Waals surface area contributed by atoms with Crippen LogP contribution in [0.1, 0.15) is 17.5 Å². The Labute approximate surface area is 185 Å². The molecule has 3 amide bonds. The van der Waals surface area contributed by atoms with Gasteiger partial charge in [-0.2, -0.15) is 0 Å². The number of nitrogens with zero attached hydrogens (tertiary/aromatic N) is 2. The summed E-state index contributed by atoms with van der Waals surface area (Å²) < 4.78 is 27.0. The number of amides is 3. The van der Waals surface area contributed by atoms with E-state index in [1.165, 1.54) is 18.2 Å². The van der Waals surface area contributed by atoms with E-state index >= 15 is 0 Å². The number of nitrogens with one attached hydrogen (secondary N) is 1. The molecule has 0 spiro atoms. The minimum atomic E-state index is -0.343. The van der Waals surface area contributed by atoms with Crippen LogP contribution >= 0.6 is 0 Å². The SMILES string of the molecule is O=C(Cc1ccc(F)cc1)Nc1ccc(N2CCCN(Cc3ccccc3F)C2=O)cc1. The van der Waals surface area contributed by atoms with E-state index in [1.807, 2.05) is 0 Å². The molecule has 3 aromatic rings. The van der Waals surface area contributed by atoms with E-state index in [1.54, 1.807) is 64.4 Å². The van der Waals surface area contributed by atoms with Crippen molar-refractivity contribution in [3.63, 3.8) is 0 Å². The van der Waals surface area contributed by atoms with E-state index in [0.717, 1.165) is 12.0 Å². The van der Waals surface area contributed by atoms with Gasteiger partial charge in [0.25, 0.3) is 0 Å². The molecule has 0 atom stereocenters. The third-order valence-corrected chi connectivity index (χ3v) is 5.37. The first-order chi connectivity index (χ1) is 15.5. The smallest absolute Gasteiger partial charge is 0.324 e. The van der Waals surface area contributed by atoms with E-state index in [-0.39, 0.29) is 36.5 Å². The van der Waals surface area contributed by atoms with Gasteiger partial charge in [-0.25, -0.2) is 13.6 Å². The standard InChI is InChI=1S/C25H23F2N3O2/c26-20-8-6-18(7-9-20)16-24(31)28-21-10-12-22(13-11-21)30-15-3-14-29(25(30)32)17-19-4-1-2-5-23(19)27/h1-2,4-13H,3,14-17H2,(H,28,31). The Hall–Kier alpha value is -3.74. The maximum Gasteiger partial charge on any atom is 0.324 e. The Bertz CT molecular complexity index is 1100. The zero-order chi connectivity index (χ0) is 22.5. The summed E-state index contributed by atoms with van der Waals surface area (Å²) in [5.41, 5.74) is 2.52. The molecule has 7 heteroatoms. The van der Waals surface area contributed by atoms with Crippen molar-refractivity contribution in [2.24, 2.45) is 0 Å². The van der Waals surface area contributed by atoms with E-state index in [9.17, 15) is 18.4 Å². The Morgan fingerprint density at radius 3 is 2.34 bits per heavy atom. The van der Waals surface area contributed by atoms with Crippen LogP contribution in [-0.4, -0.2) is 29.9 Å². The average molecular weight is 435 g/mol. The van der Waals surface area contributed by atoms with Crippen LogP contribution in [0, 0.1) is 11.6 Å². The quantitative estimate of drug-likeness (QED) is 0.594. The lowest BCUT2D eigenvalue weighted by Gasteiger charge is -2.35. The van der Waals surface area contributed by atoms with Gasteiger partial charge in [0.1, 0.15) is 11.6 Å². The van der Waals surface area contributed by atoms with Gasteiger partial charge >= 0.3 is 6.03 Å². The summed E-state index contributed by atoms with van der Waals surface area (Å²) in [4.78, 5) is 28.5. The van der Waals surface area contributed by atoms with Crippen molar-refractivity contribution in [3.8, 4) is 0 Å². The van der Waals surface area contributed by atoms with Crippen molar-refractivity contribution in [3.05, 3.63) is 95.6 Å². The third-order valence-electron chi connectivity index (χ3n) is 5.37. The molecule has 164 valence electrons. The molecule has 0 aromatic heterocycles. The number of benzene rings is 3. The number of carbonyl (C=O) groups excluding carboxylic acids is 2. The van der Waals surface area contributed by atoms with Crippen LogP contribution in [0.3, 0.4) is 0 Å². The normalized spacial score (nSPS) is 13.9. The summed E-state index contributed by atoms with van der Waals surface area (Å²) in [6.45, 7) is 1.36. The van der Waals surface area contributed by atoms with Gasteiger partial charge in [0.15, 0.2) is 0 Å². The van der Waals surface area contributed by atoms with Gasteiger partial charge in [-0.05, 0) is 54.4 Å². The molecule has 1 N–H and O–H groups in total. The molecule has 3 aromatic carbocycles. The summed E-state index contributed by atoms with van der Waals surface area (Å²) in [5.74, 6) is -0.878. The second-order valence-corrected chi connectivity index (χ2v) is 7.70. The molecule has 1 heterocycles. The molecule has 0 saturated carbocycles. The van der Waals surface area contributed by atoms with Gasteiger partial charge < -0.3 is 10.2 Å². The summed E-state index contributed by atoms with van der Waals surface area (Å²) >= 11 is 0. The Morgan fingerprint density at radius 1 is 0.906 bits per heavy atom. The van der Waals surface area contributed by atoms with Crippen LogP contribution in [0.2, 0.25) is 0 Å². The Morgan fingerprint density at radius 2 is 1.62 bits per heavy atom. The minimum Gasteiger partial charge on any atom is -0.326 e. The van der Waals surface area contributed by atoms with Gasteiger partial charge in [-0.15, -0.1) is 0 Å². The zero-order valence-electron chi connectivity index (χ0n) is 17.4. The van der Waals surface area contributed by atoms with Crippen molar-refractivity contribution in [2.45, 2.75) is 19.4 Å². The predicted octanol–water partition coefficient (Wildman–Crippen LogP) is 4.98. The van der Waals surface area contributed by atoms with E-state index < -0.39 is 0 Å². The van der Waals surface area contributed by atoms with Gasteiger partial charge in [0.2, 0.25) is 5.91 Å². The molecule has 0 radical (unpaired) electrons. The highest BCUT2D eigenvalue weighted by atomic mass is 19.1. The fourth-order valence-corrected chi connectivity index (χ4v) is 3.72. The summed E-state index contributed by atoms with van der Waals surface area (Å²) in [5, 5.41) is 2.81. The monoisotopic (exact) mass is 435 g/mol. The van der Waals surface area contributed by atoms with Crippen LogP contribution in [0.25, 0.3) is 0 Å². The molecular formula is C25H23F2N3O2. The number of urea groups is 1. The summed E-state index contributed by atoms with van der Waals surface area (Å²) in [6, 6.07) is 19.1. The van der Waals surface area contributed by atoms with Crippen LogP contribution in [0.4, 0.5) is 25.0 Å². The average Bonchev–Trinajstić information content (AvgIpc) is 2.79. The van der Waals surface area contributed by atoms with Gasteiger partial charge in [-0.1, -0.05) is 30.3 Å².